The molecule has 0 saturated carbocycles. The zero-order valence-electron chi connectivity index (χ0n) is 42.3. The molecule has 0 radical (unpaired) electrons. The summed E-state index contributed by atoms with van der Waals surface area (Å²) >= 11 is 7.98. The number of aryl methyl sites for hydroxylation is 12. The topological polar surface area (TPSA) is 234 Å². The van der Waals surface area contributed by atoms with Crippen LogP contribution in [0.5, 0.6) is 0 Å². The van der Waals surface area contributed by atoms with Gasteiger partial charge < -0.3 is 31.2 Å². The van der Waals surface area contributed by atoms with E-state index < -0.39 is 0 Å². The van der Waals surface area contributed by atoms with Crippen molar-refractivity contribution in [2.24, 2.45) is 0 Å². The Labute approximate surface area is 440 Å². The number of furan rings is 1. The van der Waals surface area contributed by atoms with Gasteiger partial charge in [0.25, 0.3) is 0 Å². The second kappa shape index (κ2) is 42.6. The molecule has 12 heterocycles. The van der Waals surface area contributed by atoms with E-state index in [1.165, 1.54) is 56.7 Å². The van der Waals surface area contributed by atoms with Crippen molar-refractivity contribution >= 4 is 57.1 Å². The van der Waals surface area contributed by atoms with Crippen molar-refractivity contribution in [3.8, 4) is 0 Å². The number of hydrogen-bond donors (Lipinski definition) is 0. The quantitative estimate of drug-likeness (QED) is 0.137. The van der Waals surface area contributed by atoms with Crippen LogP contribution in [-0.2, 0) is 0 Å². The first-order chi connectivity index (χ1) is 34.7. The summed E-state index contributed by atoms with van der Waals surface area (Å²) in [5, 5.41) is 17.6. The van der Waals surface area contributed by atoms with Gasteiger partial charge in [-0.05, 0) is 122 Å². The van der Waals surface area contributed by atoms with Crippen LogP contribution < -0.4 is 0 Å². The minimum atomic E-state index is 0.718. The maximum Gasteiger partial charge on any atom is 0.190 e. The predicted molar refractivity (Wildman–Crippen MR) is 285 cm³/mol. The van der Waals surface area contributed by atoms with Crippen LogP contribution >= 0.6 is 57.1 Å². The number of oxazole rings is 3. The van der Waals surface area contributed by atoms with E-state index in [2.05, 4.69) is 72.1 Å². The van der Waals surface area contributed by atoms with Crippen molar-refractivity contribution < 1.29 is 31.2 Å². The van der Waals surface area contributed by atoms with Crippen molar-refractivity contribution in [3.05, 3.63) is 217 Å². The van der Waals surface area contributed by atoms with E-state index in [1.54, 1.807) is 128 Å². The Balaban J connectivity index is 0.000000393. The van der Waals surface area contributed by atoms with Gasteiger partial charge in [-0.25, -0.2) is 23.7 Å². The molecular formula is C49H61N11O7S5. The summed E-state index contributed by atoms with van der Waals surface area (Å²) < 4.78 is 40.0. The molecule has 0 saturated heterocycles. The van der Waals surface area contributed by atoms with Crippen LogP contribution in [0.4, 0.5) is 0 Å². The highest BCUT2D eigenvalue weighted by atomic mass is 32.1. The van der Waals surface area contributed by atoms with Gasteiger partial charge in [-0.15, -0.1) is 34.0 Å². The van der Waals surface area contributed by atoms with Crippen molar-refractivity contribution in [2.75, 3.05) is 0 Å². The average Bonchev–Trinajstić information content (AvgIpc) is 4.18. The highest BCUT2D eigenvalue weighted by molar-refractivity contribution is 7.09. The van der Waals surface area contributed by atoms with Crippen LogP contribution in [0.3, 0.4) is 0 Å². The van der Waals surface area contributed by atoms with Gasteiger partial charge in [-0.2, -0.15) is 0 Å². The first-order valence-corrected chi connectivity index (χ1v) is 25.5. The molecule has 23 heteroatoms. The molecular weight excluding hydrogens is 1010 g/mol. The second-order valence-corrected chi connectivity index (χ2v) is 18.3. The molecule has 0 spiro atoms. The number of rotatable bonds is 0. The number of nitrogens with zero attached hydrogens (tertiary/aromatic N) is 11. The van der Waals surface area contributed by atoms with Crippen LogP contribution in [-0.4, -0.2) is 54.1 Å². The minimum absolute atomic E-state index is 0.718. The van der Waals surface area contributed by atoms with Gasteiger partial charge in [0, 0.05) is 81.0 Å². The van der Waals surface area contributed by atoms with Gasteiger partial charge in [0.15, 0.2) is 18.7 Å². The molecule has 18 nitrogen and oxygen atoms in total. The molecule has 0 aliphatic carbocycles. The van der Waals surface area contributed by atoms with Crippen molar-refractivity contribution in [1.29, 1.82) is 0 Å². The van der Waals surface area contributed by atoms with E-state index in [4.69, 9.17) is 13.3 Å². The molecule has 72 heavy (non-hydrogen) atoms. The Morgan fingerprint density at radius 1 is 0.486 bits per heavy atom. The summed E-state index contributed by atoms with van der Waals surface area (Å²) in [4.78, 5) is 25.4. The van der Waals surface area contributed by atoms with E-state index >= 15 is 0 Å². The van der Waals surface area contributed by atoms with Crippen molar-refractivity contribution in [1.82, 2.24) is 54.1 Å². The summed E-state index contributed by atoms with van der Waals surface area (Å²) in [6.45, 7) is 23.3. The fraction of sp³-hybridized carbons (Fsp3) is 0.245. The highest BCUT2D eigenvalue weighted by Gasteiger charge is 1.83. The summed E-state index contributed by atoms with van der Waals surface area (Å²) in [6.07, 6.45) is 26.4. The summed E-state index contributed by atoms with van der Waals surface area (Å²) in [6, 6.07) is 7.52. The van der Waals surface area contributed by atoms with Gasteiger partial charge in [0.05, 0.1) is 64.7 Å². The minimum Gasteiger partial charge on any atom is -0.472 e. The van der Waals surface area contributed by atoms with E-state index in [9.17, 15) is 0 Å². The zero-order chi connectivity index (χ0) is 52.9. The standard InChI is InChI=1S/C5H6O.6C4H5NO.5C4H5NS/c1-5-2-3-6-4-5;1-4-2-6-3-5-4;1-4-2-5-3-6-4;1-4-2-5-6-3-4;1-4-5-2-3-6-4;1-4-2-3-6-5-4;1-4-2-3-5-6-4;1-4-2-6-3-5-4;1-4-2-5-3-6-4;1-4-2-5-6-3-4;1-4-5-2-3-6-4;1-4-2-3-5-6-4/h2-4H,1H3;11*2-3H,1H3. The van der Waals surface area contributed by atoms with Crippen LogP contribution in [0.15, 0.2) is 183 Å². The fourth-order valence-electron chi connectivity index (χ4n) is 3.37. The smallest absolute Gasteiger partial charge is 0.190 e. The lowest BCUT2D eigenvalue weighted by molar-refractivity contribution is 0.397. The molecule has 12 aromatic heterocycles. The SMILES string of the molecule is Cc1ccno1.Cc1ccns1.Cc1ccoc1.Cc1ccon1.Cc1cnco1.Cc1cncs1.Cc1cnoc1.Cc1cnsc1.Cc1cocn1.Cc1cscn1.Cc1ncco1.Cc1nccs1. The Morgan fingerprint density at radius 3 is 1.49 bits per heavy atom. The van der Waals surface area contributed by atoms with E-state index in [-0.39, 0.29) is 0 Å². The maximum atomic E-state index is 4.72. The maximum absolute atomic E-state index is 4.72. The van der Waals surface area contributed by atoms with Gasteiger partial charge in [-0.3, -0.25) is 15.0 Å². The van der Waals surface area contributed by atoms with Gasteiger partial charge >= 0.3 is 0 Å². The Bertz CT molecular complexity index is 2040. The number of aromatic nitrogens is 11. The van der Waals surface area contributed by atoms with Crippen molar-refractivity contribution in [2.45, 2.75) is 83.1 Å². The largest absolute Gasteiger partial charge is 0.472 e. The average molecular weight is 1080 g/mol. The molecule has 12 rings (SSSR count). The molecule has 0 atom stereocenters. The molecule has 0 amide bonds. The third-order valence-electron chi connectivity index (χ3n) is 6.81. The van der Waals surface area contributed by atoms with Crippen LogP contribution in [0.1, 0.15) is 65.9 Å². The van der Waals surface area contributed by atoms with E-state index in [1.807, 2.05) is 128 Å². The van der Waals surface area contributed by atoms with Crippen LogP contribution in [0.2, 0.25) is 0 Å². The van der Waals surface area contributed by atoms with Crippen LogP contribution in [0, 0.1) is 83.1 Å². The molecule has 0 aliphatic rings. The second-order valence-electron chi connectivity index (χ2n) is 13.7. The molecule has 0 bridgehead atoms. The summed E-state index contributed by atoms with van der Waals surface area (Å²) in [5.41, 5.74) is 10.1. The molecule has 384 valence electrons. The van der Waals surface area contributed by atoms with E-state index in [0.717, 1.165) is 45.1 Å². The molecule has 0 N–H and O–H groups in total. The third kappa shape index (κ3) is 40.6. The molecule has 0 aromatic carbocycles. The monoisotopic (exact) mass is 1080 g/mol. The molecule has 12 aromatic rings. The first-order valence-electron chi connectivity index (χ1n) is 21.2. The fourth-order valence-corrected chi connectivity index (χ4v) is 5.69. The molecule has 0 fully saturated rings. The molecule has 0 aliphatic heterocycles. The lowest BCUT2D eigenvalue weighted by Crippen LogP contribution is -1.59. The number of thiazole rings is 3. The Hall–Kier alpha value is -7.31. The van der Waals surface area contributed by atoms with Gasteiger partial charge in [0.1, 0.15) is 36.6 Å². The lowest BCUT2D eigenvalue weighted by atomic mass is 10.4. The van der Waals surface area contributed by atoms with Gasteiger partial charge in [0.2, 0.25) is 0 Å². The Kier molecular flexibility index (Phi) is 37.1. The lowest BCUT2D eigenvalue weighted by Gasteiger charge is -1.67. The normalized spacial score (nSPS) is 8.83. The Morgan fingerprint density at radius 2 is 1.32 bits per heavy atom. The summed E-state index contributed by atoms with van der Waals surface area (Å²) in [5.74, 6) is 2.43. The highest BCUT2D eigenvalue weighted by Crippen LogP contribution is 2.01. The third-order valence-corrected chi connectivity index (χ3v) is 10.3. The zero-order valence-corrected chi connectivity index (χ0v) is 46.3. The molecule has 0 unspecified atom stereocenters. The van der Waals surface area contributed by atoms with Crippen LogP contribution in [0.25, 0.3) is 0 Å². The van der Waals surface area contributed by atoms with Crippen molar-refractivity contribution in [3.63, 3.8) is 0 Å². The van der Waals surface area contributed by atoms with Gasteiger partial charge in [-0.1, -0.05) is 15.5 Å². The van der Waals surface area contributed by atoms with E-state index in [0.29, 0.717) is 0 Å². The predicted octanol–water partition coefficient (Wildman–Crippen LogP) is 14.7. The number of hydrogen-bond acceptors (Lipinski definition) is 23. The summed E-state index contributed by atoms with van der Waals surface area (Å²) in [7, 11) is 0. The first kappa shape index (κ1) is 62.7.